The van der Waals surface area contributed by atoms with Gasteiger partial charge >= 0.3 is 5.69 Å². The van der Waals surface area contributed by atoms with Crippen molar-refractivity contribution in [1.82, 2.24) is 9.55 Å². The first-order valence-corrected chi connectivity index (χ1v) is 6.55. The molecule has 1 heterocycles. The molecule has 0 fully saturated rings. The quantitative estimate of drug-likeness (QED) is 0.896. The highest BCUT2D eigenvalue weighted by Crippen LogP contribution is 2.29. The van der Waals surface area contributed by atoms with Gasteiger partial charge in [0.1, 0.15) is 0 Å². The Morgan fingerprint density at radius 2 is 2.00 bits per heavy atom. The smallest absolute Gasteiger partial charge is 0.347 e. The summed E-state index contributed by atoms with van der Waals surface area (Å²) < 4.78 is 12.0. The second-order valence-corrected chi connectivity index (χ2v) is 4.79. The molecule has 0 aliphatic rings. The summed E-state index contributed by atoms with van der Waals surface area (Å²) in [6, 6.07) is 5.13. The second kappa shape index (κ2) is 6.41. The third-order valence-corrected chi connectivity index (χ3v) is 3.21. The normalized spacial score (nSPS) is 12.0. The van der Waals surface area contributed by atoms with Gasteiger partial charge in [-0.3, -0.25) is 4.57 Å². The van der Waals surface area contributed by atoms with E-state index in [1.807, 2.05) is 19.1 Å². The van der Waals surface area contributed by atoms with Crippen LogP contribution in [0.2, 0.25) is 0 Å². The molecule has 1 aromatic carbocycles. The van der Waals surface area contributed by atoms with E-state index in [4.69, 9.17) is 15.2 Å². The van der Waals surface area contributed by atoms with E-state index in [1.54, 1.807) is 32.7 Å². The maximum absolute atomic E-state index is 11.7. The molecule has 0 aliphatic carbocycles. The number of aromatic nitrogens is 2. The van der Waals surface area contributed by atoms with E-state index in [0.29, 0.717) is 18.0 Å². The van der Waals surface area contributed by atoms with Crippen LogP contribution in [0.1, 0.15) is 17.2 Å². The van der Waals surface area contributed by atoms with Crippen molar-refractivity contribution in [2.45, 2.75) is 19.5 Å². The third-order valence-electron chi connectivity index (χ3n) is 3.21. The van der Waals surface area contributed by atoms with Crippen molar-refractivity contribution >= 4 is 0 Å². The molecule has 21 heavy (non-hydrogen) atoms. The molecule has 0 spiro atoms. The summed E-state index contributed by atoms with van der Waals surface area (Å²) in [5.41, 5.74) is 7.64. The lowest BCUT2D eigenvalue weighted by Gasteiger charge is -2.16. The van der Waals surface area contributed by atoms with Crippen molar-refractivity contribution in [3.8, 4) is 11.5 Å². The summed E-state index contributed by atoms with van der Waals surface area (Å²) >= 11 is 0. The Morgan fingerprint density at radius 1 is 1.29 bits per heavy atom. The molecular formula is C15H19N3O3. The third kappa shape index (κ3) is 3.41. The topological polar surface area (TPSA) is 79.4 Å². The van der Waals surface area contributed by atoms with Gasteiger partial charge in [-0.25, -0.2) is 9.78 Å². The zero-order chi connectivity index (χ0) is 15.4. The summed E-state index contributed by atoms with van der Waals surface area (Å²) in [5, 5.41) is 0. The lowest BCUT2D eigenvalue weighted by atomic mass is 10.1. The Morgan fingerprint density at radius 3 is 2.67 bits per heavy atom. The van der Waals surface area contributed by atoms with Gasteiger partial charge in [0.05, 0.1) is 14.2 Å². The van der Waals surface area contributed by atoms with Gasteiger partial charge in [0.15, 0.2) is 11.5 Å². The summed E-state index contributed by atoms with van der Waals surface area (Å²) in [6.07, 6.45) is 3.29. The Labute approximate surface area is 123 Å². The molecule has 2 N–H and O–H groups in total. The standard InChI is InChI=1S/C15H19N3O3/c1-10-7-17-15(19)18(8-10)9-12(16)11-4-5-13(20-2)14(6-11)21-3/h4-8,12H,9,16H2,1-3H3. The van der Waals surface area contributed by atoms with Crippen LogP contribution < -0.4 is 20.9 Å². The minimum Gasteiger partial charge on any atom is -0.493 e. The highest BCUT2D eigenvalue weighted by Gasteiger charge is 2.12. The van der Waals surface area contributed by atoms with E-state index in [9.17, 15) is 4.79 Å². The summed E-state index contributed by atoms with van der Waals surface area (Å²) in [4.78, 5) is 15.5. The van der Waals surface area contributed by atoms with Crippen LogP contribution in [-0.4, -0.2) is 23.8 Å². The van der Waals surface area contributed by atoms with Gasteiger partial charge in [-0.15, -0.1) is 0 Å². The average molecular weight is 289 g/mol. The maximum Gasteiger partial charge on any atom is 0.347 e. The van der Waals surface area contributed by atoms with Crippen LogP contribution in [0.4, 0.5) is 0 Å². The van der Waals surface area contributed by atoms with Crippen molar-refractivity contribution in [2.75, 3.05) is 14.2 Å². The number of hydrogen-bond donors (Lipinski definition) is 1. The Hall–Kier alpha value is -2.34. The lowest BCUT2D eigenvalue weighted by Crippen LogP contribution is -2.28. The molecule has 0 bridgehead atoms. The van der Waals surface area contributed by atoms with Gasteiger partial charge in [-0.2, -0.15) is 0 Å². The number of hydrogen-bond acceptors (Lipinski definition) is 5. The van der Waals surface area contributed by atoms with Crippen LogP contribution in [0.5, 0.6) is 11.5 Å². The molecule has 112 valence electrons. The van der Waals surface area contributed by atoms with Gasteiger partial charge < -0.3 is 15.2 Å². The van der Waals surface area contributed by atoms with Crippen LogP contribution in [-0.2, 0) is 6.54 Å². The fourth-order valence-electron chi connectivity index (χ4n) is 2.10. The Balaban J connectivity index is 2.26. The molecule has 6 heteroatoms. The first-order chi connectivity index (χ1) is 10.0. The van der Waals surface area contributed by atoms with Crippen LogP contribution in [0.25, 0.3) is 0 Å². The number of benzene rings is 1. The van der Waals surface area contributed by atoms with E-state index in [0.717, 1.165) is 11.1 Å². The van der Waals surface area contributed by atoms with Gasteiger partial charge in [-0.05, 0) is 30.2 Å². The number of nitrogens with zero attached hydrogens (tertiary/aromatic N) is 2. The maximum atomic E-state index is 11.7. The van der Waals surface area contributed by atoms with Gasteiger partial charge in [-0.1, -0.05) is 6.07 Å². The Bertz CT molecular complexity index is 682. The molecule has 0 radical (unpaired) electrons. The van der Waals surface area contributed by atoms with E-state index in [2.05, 4.69) is 4.98 Å². The van der Waals surface area contributed by atoms with E-state index >= 15 is 0 Å². The molecule has 0 saturated heterocycles. The van der Waals surface area contributed by atoms with Crippen molar-refractivity contribution in [2.24, 2.45) is 5.73 Å². The molecule has 0 amide bonds. The predicted molar refractivity (Wildman–Crippen MR) is 79.7 cm³/mol. The molecule has 0 saturated carbocycles. The average Bonchev–Trinajstić information content (AvgIpc) is 2.50. The number of ether oxygens (including phenoxy) is 2. The zero-order valence-corrected chi connectivity index (χ0v) is 12.4. The number of methoxy groups -OCH3 is 2. The van der Waals surface area contributed by atoms with Gasteiger partial charge in [0.25, 0.3) is 0 Å². The largest absolute Gasteiger partial charge is 0.493 e. The summed E-state index contributed by atoms with van der Waals surface area (Å²) in [6.45, 7) is 2.23. The molecule has 6 nitrogen and oxygen atoms in total. The first-order valence-electron chi connectivity index (χ1n) is 6.55. The SMILES string of the molecule is COc1ccc(C(N)Cn2cc(C)cnc2=O)cc1OC. The van der Waals surface area contributed by atoms with E-state index in [1.165, 1.54) is 4.57 Å². The second-order valence-electron chi connectivity index (χ2n) is 4.79. The summed E-state index contributed by atoms with van der Waals surface area (Å²) in [5.74, 6) is 1.25. The minimum absolute atomic E-state index is 0.309. The summed E-state index contributed by atoms with van der Waals surface area (Å²) in [7, 11) is 3.15. The molecule has 1 aromatic heterocycles. The van der Waals surface area contributed by atoms with Gasteiger partial charge in [0, 0.05) is 25.0 Å². The van der Waals surface area contributed by atoms with E-state index < -0.39 is 0 Å². The fraction of sp³-hybridized carbons (Fsp3) is 0.333. The predicted octanol–water partition coefficient (Wildman–Crippen LogP) is 1.27. The van der Waals surface area contributed by atoms with Crippen LogP contribution in [0, 0.1) is 6.92 Å². The van der Waals surface area contributed by atoms with Crippen molar-refractivity contribution in [3.63, 3.8) is 0 Å². The Kier molecular flexibility index (Phi) is 4.59. The van der Waals surface area contributed by atoms with E-state index in [-0.39, 0.29) is 11.7 Å². The number of nitrogens with two attached hydrogens (primary N) is 1. The monoisotopic (exact) mass is 289 g/mol. The molecule has 0 aliphatic heterocycles. The van der Waals surface area contributed by atoms with Crippen molar-refractivity contribution in [1.29, 1.82) is 0 Å². The van der Waals surface area contributed by atoms with Crippen molar-refractivity contribution in [3.05, 3.63) is 52.2 Å². The molecule has 2 rings (SSSR count). The van der Waals surface area contributed by atoms with Gasteiger partial charge in [0.2, 0.25) is 0 Å². The fourth-order valence-corrected chi connectivity index (χ4v) is 2.10. The highest BCUT2D eigenvalue weighted by molar-refractivity contribution is 5.43. The number of rotatable bonds is 5. The van der Waals surface area contributed by atoms with Crippen LogP contribution in [0.3, 0.4) is 0 Å². The first kappa shape index (κ1) is 15.1. The number of aryl methyl sites for hydroxylation is 1. The molecule has 2 aromatic rings. The molecule has 1 atom stereocenters. The zero-order valence-electron chi connectivity index (χ0n) is 12.4. The molecule has 1 unspecified atom stereocenters. The minimum atomic E-state index is -0.342. The lowest BCUT2D eigenvalue weighted by molar-refractivity contribution is 0.354. The van der Waals surface area contributed by atoms with Crippen molar-refractivity contribution < 1.29 is 9.47 Å². The van der Waals surface area contributed by atoms with Crippen LogP contribution >= 0.6 is 0 Å². The highest BCUT2D eigenvalue weighted by atomic mass is 16.5. The molecular weight excluding hydrogens is 270 g/mol. The van der Waals surface area contributed by atoms with Crippen LogP contribution in [0.15, 0.2) is 35.4 Å².